The molecule has 0 unspecified atom stereocenters. The second kappa shape index (κ2) is 4.10. The molecular formula is C16H14O. The van der Waals surface area contributed by atoms with Gasteiger partial charge >= 0.3 is 0 Å². The summed E-state index contributed by atoms with van der Waals surface area (Å²) in [6, 6.07) is 14.8. The van der Waals surface area contributed by atoms with Gasteiger partial charge in [-0.1, -0.05) is 42.5 Å². The lowest BCUT2D eigenvalue weighted by atomic mass is 10.00. The highest BCUT2D eigenvalue weighted by Crippen LogP contribution is 2.27. The van der Waals surface area contributed by atoms with Crippen molar-refractivity contribution >= 4 is 12.2 Å². The molecule has 84 valence electrons. The van der Waals surface area contributed by atoms with Crippen LogP contribution >= 0.6 is 0 Å². The van der Waals surface area contributed by atoms with Crippen molar-refractivity contribution in [2.75, 3.05) is 7.11 Å². The smallest absolute Gasteiger partial charge is 0.119 e. The van der Waals surface area contributed by atoms with Crippen LogP contribution in [0.3, 0.4) is 0 Å². The summed E-state index contributed by atoms with van der Waals surface area (Å²) in [5, 5.41) is 0. The van der Waals surface area contributed by atoms with E-state index < -0.39 is 0 Å². The maximum Gasteiger partial charge on any atom is 0.119 e. The molecule has 0 spiro atoms. The van der Waals surface area contributed by atoms with E-state index >= 15 is 0 Å². The molecule has 2 aromatic carbocycles. The first-order chi connectivity index (χ1) is 8.36. The second-order valence-electron chi connectivity index (χ2n) is 4.27. The minimum absolute atomic E-state index is 0.927. The number of benzene rings is 2. The van der Waals surface area contributed by atoms with Gasteiger partial charge in [0.2, 0.25) is 0 Å². The van der Waals surface area contributed by atoms with Crippen molar-refractivity contribution in [3.63, 3.8) is 0 Å². The van der Waals surface area contributed by atoms with Gasteiger partial charge in [-0.2, -0.15) is 0 Å². The van der Waals surface area contributed by atoms with Crippen molar-refractivity contribution in [3.05, 3.63) is 64.7 Å². The normalized spacial score (nSPS) is 12.5. The molecule has 0 radical (unpaired) electrons. The molecule has 0 N–H and O–H groups in total. The van der Waals surface area contributed by atoms with Crippen LogP contribution in [0, 0.1) is 0 Å². The molecule has 2 aromatic rings. The van der Waals surface area contributed by atoms with Crippen LogP contribution in [0.2, 0.25) is 0 Å². The molecule has 0 fully saturated rings. The van der Waals surface area contributed by atoms with Gasteiger partial charge in [0.1, 0.15) is 5.75 Å². The number of hydrogen-bond donors (Lipinski definition) is 0. The Kier molecular flexibility index (Phi) is 2.45. The number of rotatable bonds is 1. The van der Waals surface area contributed by atoms with Gasteiger partial charge in [0, 0.05) is 0 Å². The van der Waals surface area contributed by atoms with Crippen molar-refractivity contribution in [3.8, 4) is 5.75 Å². The van der Waals surface area contributed by atoms with Gasteiger partial charge < -0.3 is 4.74 Å². The average molecular weight is 222 g/mol. The van der Waals surface area contributed by atoms with E-state index in [2.05, 4.69) is 48.6 Å². The fourth-order valence-electron chi connectivity index (χ4n) is 2.27. The molecule has 0 heterocycles. The molecule has 0 saturated carbocycles. The molecule has 0 amide bonds. The summed E-state index contributed by atoms with van der Waals surface area (Å²) in [7, 11) is 1.71. The van der Waals surface area contributed by atoms with Gasteiger partial charge in [-0.15, -0.1) is 0 Å². The quantitative estimate of drug-likeness (QED) is 0.609. The molecule has 0 bridgehead atoms. The Bertz CT molecular complexity index is 582. The lowest BCUT2D eigenvalue weighted by molar-refractivity contribution is 0.414. The number of hydrogen-bond acceptors (Lipinski definition) is 1. The summed E-state index contributed by atoms with van der Waals surface area (Å²) >= 11 is 0. The first kappa shape index (κ1) is 10.2. The van der Waals surface area contributed by atoms with Crippen LogP contribution in [0.25, 0.3) is 12.2 Å². The first-order valence-electron chi connectivity index (χ1n) is 5.80. The fourth-order valence-corrected chi connectivity index (χ4v) is 2.27. The number of ether oxygens (including phenoxy) is 1. The highest BCUT2D eigenvalue weighted by molar-refractivity contribution is 5.75. The van der Waals surface area contributed by atoms with Crippen molar-refractivity contribution in [2.45, 2.75) is 6.42 Å². The standard InChI is InChI=1S/C16H14O/c1-17-16-9-8-13-7-6-12-4-2-3-5-14(12)10-15(13)11-16/h2-9,11H,10H2,1H3. The molecule has 1 nitrogen and oxygen atoms in total. The Labute approximate surface area is 101 Å². The minimum Gasteiger partial charge on any atom is -0.497 e. The Morgan fingerprint density at radius 1 is 0.882 bits per heavy atom. The molecule has 0 saturated heterocycles. The molecule has 1 heteroatoms. The summed E-state index contributed by atoms with van der Waals surface area (Å²) in [4.78, 5) is 0. The Balaban J connectivity index is 2.12. The van der Waals surface area contributed by atoms with Crippen LogP contribution in [0.4, 0.5) is 0 Å². The molecule has 1 aliphatic carbocycles. The van der Waals surface area contributed by atoms with Crippen LogP contribution in [-0.4, -0.2) is 7.11 Å². The molecule has 1 aliphatic rings. The Hall–Kier alpha value is -2.02. The van der Waals surface area contributed by atoms with Crippen LogP contribution < -0.4 is 4.74 Å². The Morgan fingerprint density at radius 2 is 1.65 bits per heavy atom. The predicted molar refractivity (Wildman–Crippen MR) is 71.2 cm³/mol. The van der Waals surface area contributed by atoms with Gasteiger partial charge in [0.05, 0.1) is 7.11 Å². The SMILES string of the molecule is COc1ccc2c(c1)Cc1ccccc1C=C2. The molecule has 17 heavy (non-hydrogen) atoms. The maximum atomic E-state index is 5.28. The zero-order valence-corrected chi connectivity index (χ0v) is 9.81. The van der Waals surface area contributed by atoms with Crippen LogP contribution in [0.1, 0.15) is 22.3 Å². The van der Waals surface area contributed by atoms with Gasteiger partial charge in [0.25, 0.3) is 0 Å². The lowest BCUT2D eigenvalue weighted by Gasteiger charge is -2.08. The number of fused-ring (bicyclic) bond motifs is 2. The van der Waals surface area contributed by atoms with E-state index in [1.807, 2.05) is 6.07 Å². The molecule has 0 atom stereocenters. The van der Waals surface area contributed by atoms with Gasteiger partial charge in [0.15, 0.2) is 0 Å². The Morgan fingerprint density at radius 3 is 2.47 bits per heavy atom. The second-order valence-corrected chi connectivity index (χ2v) is 4.27. The van der Waals surface area contributed by atoms with E-state index in [1.165, 1.54) is 22.3 Å². The van der Waals surface area contributed by atoms with Crippen molar-refractivity contribution in [1.29, 1.82) is 0 Å². The van der Waals surface area contributed by atoms with Crippen molar-refractivity contribution in [1.82, 2.24) is 0 Å². The van der Waals surface area contributed by atoms with Crippen LogP contribution in [0.5, 0.6) is 5.75 Å². The first-order valence-corrected chi connectivity index (χ1v) is 5.80. The monoisotopic (exact) mass is 222 g/mol. The summed E-state index contributed by atoms with van der Waals surface area (Å²) in [5.74, 6) is 0.927. The maximum absolute atomic E-state index is 5.28. The van der Waals surface area contributed by atoms with Crippen LogP contribution in [0.15, 0.2) is 42.5 Å². The van der Waals surface area contributed by atoms with E-state index in [9.17, 15) is 0 Å². The van der Waals surface area contributed by atoms with Crippen LogP contribution in [-0.2, 0) is 6.42 Å². The number of methoxy groups -OCH3 is 1. The van der Waals surface area contributed by atoms with E-state index in [1.54, 1.807) is 7.11 Å². The fraction of sp³-hybridized carbons (Fsp3) is 0.125. The highest BCUT2D eigenvalue weighted by atomic mass is 16.5. The average Bonchev–Trinajstić information content (AvgIpc) is 2.56. The highest BCUT2D eigenvalue weighted by Gasteiger charge is 2.09. The van der Waals surface area contributed by atoms with E-state index in [0.29, 0.717) is 0 Å². The third-order valence-electron chi connectivity index (χ3n) is 3.23. The summed E-state index contributed by atoms with van der Waals surface area (Å²) in [5.41, 5.74) is 5.28. The summed E-state index contributed by atoms with van der Waals surface area (Å²) in [6.45, 7) is 0. The van der Waals surface area contributed by atoms with E-state index in [4.69, 9.17) is 4.74 Å². The van der Waals surface area contributed by atoms with Gasteiger partial charge in [-0.25, -0.2) is 0 Å². The molecule has 0 aromatic heterocycles. The van der Waals surface area contributed by atoms with E-state index in [0.717, 1.165) is 12.2 Å². The summed E-state index contributed by atoms with van der Waals surface area (Å²) < 4.78 is 5.28. The van der Waals surface area contributed by atoms with Crippen molar-refractivity contribution in [2.24, 2.45) is 0 Å². The lowest BCUT2D eigenvalue weighted by Crippen LogP contribution is -1.93. The van der Waals surface area contributed by atoms with Crippen molar-refractivity contribution < 1.29 is 4.74 Å². The molecule has 3 rings (SSSR count). The largest absolute Gasteiger partial charge is 0.497 e. The molecular weight excluding hydrogens is 208 g/mol. The predicted octanol–water partition coefficient (Wildman–Crippen LogP) is 3.77. The summed E-state index contributed by atoms with van der Waals surface area (Å²) in [6.07, 6.45) is 5.34. The van der Waals surface area contributed by atoms with E-state index in [-0.39, 0.29) is 0 Å². The third-order valence-corrected chi connectivity index (χ3v) is 3.23. The topological polar surface area (TPSA) is 9.23 Å². The van der Waals surface area contributed by atoms with Gasteiger partial charge in [-0.05, 0) is 40.8 Å². The zero-order chi connectivity index (χ0) is 11.7. The minimum atomic E-state index is 0.927. The zero-order valence-electron chi connectivity index (χ0n) is 9.81. The molecule has 0 aliphatic heterocycles. The van der Waals surface area contributed by atoms with Gasteiger partial charge in [-0.3, -0.25) is 0 Å². The third kappa shape index (κ3) is 1.84.